The number of hydrogen-bond acceptors (Lipinski definition) is 3. The fourth-order valence-electron chi connectivity index (χ4n) is 3.71. The van der Waals surface area contributed by atoms with Crippen LogP contribution in [0.15, 0.2) is 47.8 Å². The summed E-state index contributed by atoms with van der Waals surface area (Å²) in [5, 5.41) is 9.89. The number of thiophene rings is 1. The Balaban J connectivity index is 1.59. The van der Waals surface area contributed by atoms with Crippen LogP contribution in [0.5, 0.6) is 0 Å². The Labute approximate surface area is 168 Å². The standard InChI is InChI=1S/C22H24FN3OS/c23-17-11-9-16(10-12-17)15-26-20(14-19(25-26)21-8-5-13-28-21)22(27)24-18-6-3-1-2-4-7-18/h5,8-14,18H,1-4,6-7,15H2,(H,24,27). The average Bonchev–Trinajstić information content (AvgIpc) is 3.29. The van der Waals surface area contributed by atoms with Gasteiger partial charge >= 0.3 is 0 Å². The van der Waals surface area contributed by atoms with Gasteiger partial charge in [-0.05, 0) is 48.1 Å². The summed E-state index contributed by atoms with van der Waals surface area (Å²) >= 11 is 1.60. The van der Waals surface area contributed by atoms with Crippen LogP contribution in [0.3, 0.4) is 0 Å². The largest absolute Gasteiger partial charge is 0.348 e. The minimum absolute atomic E-state index is 0.0793. The van der Waals surface area contributed by atoms with Crippen LogP contribution in [0.25, 0.3) is 10.6 Å². The van der Waals surface area contributed by atoms with Crippen molar-refractivity contribution >= 4 is 17.2 Å². The van der Waals surface area contributed by atoms with Gasteiger partial charge in [0, 0.05) is 6.04 Å². The molecule has 4 rings (SSSR count). The number of aromatic nitrogens is 2. The highest BCUT2D eigenvalue weighted by Gasteiger charge is 2.21. The molecule has 0 saturated heterocycles. The number of nitrogens with one attached hydrogen (secondary N) is 1. The topological polar surface area (TPSA) is 46.9 Å². The molecular formula is C22H24FN3OS. The fraction of sp³-hybridized carbons (Fsp3) is 0.364. The van der Waals surface area contributed by atoms with Crippen LogP contribution < -0.4 is 5.32 Å². The SMILES string of the molecule is O=C(NC1CCCCCC1)c1cc(-c2cccs2)nn1Cc1ccc(F)cc1. The maximum Gasteiger partial charge on any atom is 0.269 e. The van der Waals surface area contributed by atoms with E-state index in [2.05, 4.69) is 10.4 Å². The molecule has 2 heterocycles. The normalized spacial score (nSPS) is 15.3. The molecule has 146 valence electrons. The van der Waals surface area contributed by atoms with E-state index < -0.39 is 0 Å². The van der Waals surface area contributed by atoms with Crippen molar-refractivity contribution in [3.05, 3.63) is 64.9 Å². The number of hydrogen-bond donors (Lipinski definition) is 1. The number of nitrogens with zero attached hydrogens (tertiary/aromatic N) is 2. The van der Waals surface area contributed by atoms with E-state index in [4.69, 9.17) is 0 Å². The Morgan fingerprint density at radius 2 is 1.89 bits per heavy atom. The van der Waals surface area contributed by atoms with Crippen molar-refractivity contribution in [2.24, 2.45) is 0 Å². The monoisotopic (exact) mass is 397 g/mol. The van der Waals surface area contributed by atoms with Crippen molar-refractivity contribution in [2.45, 2.75) is 51.1 Å². The summed E-state index contributed by atoms with van der Waals surface area (Å²) in [4.78, 5) is 14.1. The predicted octanol–water partition coefficient (Wildman–Crippen LogP) is 5.25. The van der Waals surface area contributed by atoms with E-state index in [0.717, 1.165) is 29.0 Å². The van der Waals surface area contributed by atoms with Crippen LogP contribution in [0.4, 0.5) is 4.39 Å². The molecule has 1 N–H and O–H groups in total. The molecule has 3 aromatic rings. The van der Waals surface area contributed by atoms with Crippen molar-refractivity contribution in [1.29, 1.82) is 0 Å². The van der Waals surface area contributed by atoms with E-state index >= 15 is 0 Å². The molecule has 4 nitrogen and oxygen atoms in total. The minimum Gasteiger partial charge on any atom is -0.348 e. The second-order valence-corrected chi connectivity index (χ2v) is 8.29. The maximum atomic E-state index is 13.2. The van der Waals surface area contributed by atoms with E-state index in [9.17, 15) is 9.18 Å². The third-order valence-electron chi connectivity index (χ3n) is 5.22. The molecule has 28 heavy (non-hydrogen) atoms. The van der Waals surface area contributed by atoms with Crippen molar-refractivity contribution in [3.8, 4) is 10.6 Å². The molecule has 1 aliphatic rings. The van der Waals surface area contributed by atoms with Crippen LogP contribution in [-0.2, 0) is 6.54 Å². The smallest absolute Gasteiger partial charge is 0.269 e. The molecule has 0 radical (unpaired) electrons. The summed E-state index contributed by atoms with van der Waals surface area (Å²) in [6.45, 7) is 0.430. The summed E-state index contributed by atoms with van der Waals surface area (Å²) in [6, 6.07) is 12.4. The lowest BCUT2D eigenvalue weighted by atomic mass is 10.1. The van der Waals surface area contributed by atoms with Crippen LogP contribution in [0, 0.1) is 5.82 Å². The van der Waals surface area contributed by atoms with Gasteiger partial charge in [-0.3, -0.25) is 9.48 Å². The second kappa shape index (κ2) is 8.69. The third kappa shape index (κ3) is 4.50. The zero-order chi connectivity index (χ0) is 19.3. The summed E-state index contributed by atoms with van der Waals surface area (Å²) in [5.41, 5.74) is 2.26. The lowest BCUT2D eigenvalue weighted by molar-refractivity contribution is 0.0923. The first-order chi connectivity index (χ1) is 13.7. The zero-order valence-corrected chi connectivity index (χ0v) is 16.6. The quantitative estimate of drug-likeness (QED) is 0.598. The van der Waals surface area contributed by atoms with E-state index in [1.54, 1.807) is 28.2 Å². The Morgan fingerprint density at radius 3 is 2.57 bits per heavy atom. The van der Waals surface area contributed by atoms with Gasteiger partial charge in [0.25, 0.3) is 5.91 Å². The summed E-state index contributed by atoms with van der Waals surface area (Å²) in [7, 11) is 0. The molecule has 1 fully saturated rings. The molecule has 1 amide bonds. The number of halogens is 1. The first-order valence-electron chi connectivity index (χ1n) is 9.86. The number of amides is 1. The van der Waals surface area contributed by atoms with Gasteiger partial charge in [0.2, 0.25) is 0 Å². The maximum absolute atomic E-state index is 13.2. The highest BCUT2D eigenvalue weighted by molar-refractivity contribution is 7.13. The highest BCUT2D eigenvalue weighted by Crippen LogP contribution is 2.25. The highest BCUT2D eigenvalue weighted by atomic mass is 32.1. The van der Waals surface area contributed by atoms with E-state index in [-0.39, 0.29) is 17.8 Å². The molecule has 1 saturated carbocycles. The molecule has 1 aliphatic carbocycles. The fourth-order valence-corrected chi connectivity index (χ4v) is 4.39. The first-order valence-corrected chi connectivity index (χ1v) is 10.7. The van der Waals surface area contributed by atoms with E-state index in [1.165, 1.54) is 37.8 Å². The van der Waals surface area contributed by atoms with Gasteiger partial charge < -0.3 is 5.32 Å². The summed E-state index contributed by atoms with van der Waals surface area (Å²) in [6.07, 6.45) is 6.90. The third-order valence-corrected chi connectivity index (χ3v) is 6.11. The molecular weight excluding hydrogens is 373 g/mol. The Bertz CT molecular complexity index is 910. The summed E-state index contributed by atoms with van der Waals surface area (Å²) in [5.74, 6) is -0.348. The van der Waals surface area contributed by atoms with Crippen molar-refractivity contribution < 1.29 is 9.18 Å². The van der Waals surface area contributed by atoms with Crippen molar-refractivity contribution in [3.63, 3.8) is 0 Å². The van der Waals surface area contributed by atoms with Gasteiger partial charge in [0.05, 0.1) is 11.4 Å². The van der Waals surface area contributed by atoms with E-state index in [0.29, 0.717) is 12.2 Å². The Kier molecular flexibility index (Phi) is 5.86. The molecule has 0 unspecified atom stereocenters. The van der Waals surface area contributed by atoms with Crippen LogP contribution in [0.2, 0.25) is 0 Å². The lowest BCUT2D eigenvalue weighted by Crippen LogP contribution is -2.35. The minimum atomic E-state index is -0.269. The molecule has 6 heteroatoms. The molecule has 2 aromatic heterocycles. The predicted molar refractivity (Wildman–Crippen MR) is 110 cm³/mol. The molecule has 0 spiro atoms. The second-order valence-electron chi connectivity index (χ2n) is 7.34. The molecule has 1 aromatic carbocycles. The molecule has 0 atom stereocenters. The number of carbonyl (C=O) groups is 1. The number of benzene rings is 1. The van der Waals surface area contributed by atoms with Gasteiger partial charge in [-0.1, -0.05) is 43.9 Å². The lowest BCUT2D eigenvalue weighted by Gasteiger charge is -2.16. The van der Waals surface area contributed by atoms with Gasteiger partial charge in [-0.2, -0.15) is 5.10 Å². The van der Waals surface area contributed by atoms with Gasteiger partial charge in [0.1, 0.15) is 17.2 Å². The Morgan fingerprint density at radius 1 is 1.14 bits per heavy atom. The van der Waals surface area contributed by atoms with Crippen LogP contribution in [-0.4, -0.2) is 21.7 Å². The zero-order valence-electron chi connectivity index (χ0n) is 15.7. The van der Waals surface area contributed by atoms with Crippen molar-refractivity contribution in [1.82, 2.24) is 15.1 Å². The average molecular weight is 398 g/mol. The Hall–Kier alpha value is -2.47. The number of rotatable bonds is 5. The number of carbonyl (C=O) groups excluding carboxylic acids is 1. The van der Waals surface area contributed by atoms with Crippen molar-refractivity contribution in [2.75, 3.05) is 0 Å². The van der Waals surface area contributed by atoms with Gasteiger partial charge in [0.15, 0.2) is 0 Å². The molecule has 0 bridgehead atoms. The van der Waals surface area contributed by atoms with Crippen LogP contribution in [0.1, 0.15) is 54.6 Å². The summed E-state index contributed by atoms with van der Waals surface area (Å²) < 4.78 is 15.0. The van der Waals surface area contributed by atoms with Gasteiger partial charge in [-0.25, -0.2) is 4.39 Å². The van der Waals surface area contributed by atoms with Crippen LogP contribution >= 0.6 is 11.3 Å². The molecule has 0 aliphatic heterocycles. The van der Waals surface area contributed by atoms with E-state index in [1.807, 2.05) is 23.6 Å². The first kappa shape index (κ1) is 18.9. The van der Waals surface area contributed by atoms with Gasteiger partial charge in [-0.15, -0.1) is 11.3 Å².